The quantitative estimate of drug-likeness (QED) is 0.439. The molecule has 0 radical (unpaired) electrons. The first-order valence-electron chi connectivity index (χ1n) is 8.95. The summed E-state index contributed by atoms with van der Waals surface area (Å²) in [7, 11) is -4.14. The summed E-state index contributed by atoms with van der Waals surface area (Å²) >= 11 is 1.19. The fraction of sp³-hybridized carbons (Fsp3) is 0. The Kier molecular flexibility index (Phi) is 5.88. The maximum absolute atomic E-state index is 13.3. The number of sulfonamides is 1. The van der Waals surface area contributed by atoms with E-state index in [4.69, 9.17) is 0 Å². The first-order valence-corrected chi connectivity index (χ1v) is 11.2. The number of carbonyl (C=O) groups excluding carboxylic acids is 1. The third kappa shape index (κ3) is 4.76. The Morgan fingerprint density at radius 2 is 1.62 bits per heavy atom. The van der Waals surface area contributed by atoms with Gasteiger partial charge in [-0.3, -0.25) is 19.8 Å². The van der Waals surface area contributed by atoms with E-state index in [2.05, 4.69) is 25.2 Å². The number of amides is 1. The monoisotopic (exact) mass is 473 g/mol. The average molecular weight is 473 g/mol. The van der Waals surface area contributed by atoms with Crippen molar-refractivity contribution in [1.29, 1.82) is 0 Å². The number of carbonyl (C=O) groups is 1. The minimum absolute atomic E-state index is 0.141. The molecule has 2 aromatic carbocycles. The maximum Gasteiger partial charge on any atom is 0.261 e. The van der Waals surface area contributed by atoms with Gasteiger partial charge >= 0.3 is 0 Å². The van der Waals surface area contributed by atoms with E-state index in [-0.39, 0.29) is 11.3 Å². The van der Waals surface area contributed by atoms with Crippen LogP contribution in [0.15, 0.2) is 71.9 Å². The Morgan fingerprint density at radius 3 is 2.31 bits per heavy atom. The minimum Gasteiger partial charge on any atom is -0.296 e. The molecule has 4 aromatic rings. The lowest BCUT2D eigenvalue weighted by Crippen LogP contribution is -2.14. The summed E-state index contributed by atoms with van der Waals surface area (Å²) in [6.45, 7) is 0. The standard InChI is InChI=1S/C20H13F2N5O3S2/c21-16-6-5-15(11-17(16)22)32(29,30)27-14-3-1-12(2-4-14)18(28)24-20-26-25-19(31-20)13-7-9-23-10-8-13/h1-11,27H,(H,24,26,28). The zero-order valence-corrected chi connectivity index (χ0v) is 17.6. The number of hydrogen-bond donors (Lipinski definition) is 2. The van der Waals surface area contributed by atoms with E-state index in [9.17, 15) is 22.0 Å². The third-order valence-corrected chi connectivity index (χ3v) is 6.44. The van der Waals surface area contributed by atoms with Gasteiger partial charge in [0.25, 0.3) is 15.9 Å². The van der Waals surface area contributed by atoms with E-state index in [1.807, 2.05) is 0 Å². The van der Waals surface area contributed by atoms with Gasteiger partial charge in [-0.1, -0.05) is 11.3 Å². The average Bonchev–Trinajstić information content (AvgIpc) is 3.25. The zero-order valence-electron chi connectivity index (χ0n) is 16.0. The third-order valence-electron chi connectivity index (χ3n) is 4.17. The molecule has 8 nitrogen and oxygen atoms in total. The molecule has 2 heterocycles. The highest BCUT2D eigenvalue weighted by Gasteiger charge is 2.17. The van der Waals surface area contributed by atoms with Crippen molar-refractivity contribution in [3.63, 3.8) is 0 Å². The first kappa shape index (κ1) is 21.5. The number of rotatable bonds is 6. The summed E-state index contributed by atoms with van der Waals surface area (Å²) < 4.78 is 53.3. The number of benzene rings is 2. The topological polar surface area (TPSA) is 114 Å². The largest absolute Gasteiger partial charge is 0.296 e. The molecular weight excluding hydrogens is 460 g/mol. The highest BCUT2D eigenvalue weighted by atomic mass is 32.2. The highest BCUT2D eigenvalue weighted by molar-refractivity contribution is 7.92. The molecule has 0 fully saturated rings. The van der Waals surface area contributed by atoms with Crippen LogP contribution in [0.2, 0.25) is 0 Å². The molecule has 0 aliphatic carbocycles. The van der Waals surface area contributed by atoms with Crippen molar-refractivity contribution < 1.29 is 22.0 Å². The van der Waals surface area contributed by atoms with E-state index in [1.165, 1.54) is 35.6 Å². The molecule has 12 heteroatoms. The van der Waals surface area contributed by atoms with Crippen molar-refractivity contribution in [1.82, 2.24) is 15.2 Å². The smallest absolute Gasteiger partial charge is 0.261 e. The van der Waals surface area contributed by atoms with Crippen LogP contribution in [0.5, 0.6) is 0 Å². The van der Waals surface area contributed by atoms with Crippen LogP contribution < -0.4 is 10.0 Å². The molecule has 0 aliphatic rings. The minimum atomic E-state index is -4.14. The van der Waals surface area contributed by atoms with Gasteiger partial charge in [-0.15, -0.1) is 10.2 Å². The van der Waals surface area contributed by atoms with Gasteiger partial charge in [0.1, 0.15) is 5.01 Å². The van der Waals surface area contributed by atoms with Crippen LogP contribution in [0, 0.1) is 11.6 Å². The van der Waals surface area contributed by atoms with E-state index in [1.54, 1.807) is 24.5 Å². The number of hydrogen-bond acceptors (Lipinski definition) is 7. The SMILES string of the molecule is O=C(Nc1nnc(-c2ccncc2)s1)c1ccc(NS(=O)(=O)c2ccc(F)c(F)c2)cc1. The molecule has 4 rings (SSSR count). The Hall–Kier alpha value is -3.77. The van der Waals surface area contributed by atoms with Crippen molar-refractivity contribution in [3.05, 3.63) is 84.2 Å². The predicted octanol–water partition coefficient (Wildman–Crippen LogP) is 3.93. The van der Waals surface area contributed by atoms with Gasteiger partial charge in [-0.25, -0.2) is 17.2 Å². The predicted molar refractivity (Wildman–Crippen MR) is 115 cm³/mol. The number of nitrogens with zero attached hydrogens (tertiary/aromatic N) is 3. The van der Waals surface area contributed by atoms with Gasteiger partial charge in [-0.2, -0.15) is 0 Å². The zero-order chi connectivity index (χ0) is 22.7. The van der Waals surface area contributed by atoms with Gasteiger partial charge in [0.15, 0.2) is 11.6 Å². The molecule has 32 heavy (non-hydrogen) atoms. The van der Waals surface area contributed by atoms with Crippen LogP contribution in [-0.2, 0) is 10.0 Å². The van der Waals surface area contributed by atoms with Crippen molar-refractivity contribution >= 4 is 38.1 Å². The Morgan fingerprint density at radius 1 is 0.906 bits per heavy atom. The maximum atomic E-state index is 13.3. The second-order valence-corrected chi connectivity index (χ2v) is 9.02. The fourth-order valence-electron chi connectivity index (χ4n) is 2.60. The fourth-order valence-corrected chi connectivity index (χ4v) is 4.42. The lowest BCUT2D eigenvalue weighted by atomic mass is 10.2. The second kappa shape index (κ2) is 8.77. The van der Waals surface area contributed by atoms with Crippen LogP contribution in [0.1, 0.15) is 10.4 Å². The summed E-state index contributed by atoms with van der Waals surface area (Å²) in [5.74, 6) is -2.89. The van der Waals surface area contributed by atoms with Gasteiger partial charge in [0, 0.05) is 29.2 Å². The van der Waals surface area contributed by atoms with Crippen LogP contribution in [-0.4, -0.2) is 29.5 Å². The molecule has 1 amide bonds. The number of nitrogens with one attached hydrogen (secondary N) is 2. The molecule has 0 unspecified atom stereocenters. The first-order chi connectivity index (χ1) is 15.3. The Balaban J connectivity index is 1.44. The van der Waals surface area contributed by atoms with Crippen molar-refractivity contribution in [2.24, 2.45) is 0 Å². The summed E-state index contributed by atoms with van der Waals surface area (Å²) in [5, 5.41) is 11.5. The lowest BCUT2D eigenvalue weighted by molar-refractivity contribution is 0.102. The highest BCUT2D eigenvalue weighted by Crippen LogP contribution is 2.26. The molecule has 0 aliphatic heterocycles. The lowest BCUT2D eigenvalue weighted by Gasteiger charge is -2.09. The summed E-state index contributed by atoms with van der Waals surface area (Å²) in [6, 6.07) is 11.4. The summed E-state index contributed by atoms with van der Waals surface area (Å²) in [4.78, 5) is 15.9. The molecule has 162 valence electrons. The molecular formula is C20H13F2N5O3S2. The van der Waals surface area contributed by atoms with Crippen LogP contribution in [0.4, 0.5) is 19.6 Å². The van der Waals surface area contributed by atoms with Gasteiger partial charge in [0.2, 0.25) is 5.13 Å². The molecule has 0 saturated carbocycles. The second-order valence-electron chi connectivity index (χ2n) is 6.36. The van der Waals surface area contributed by atoms with Gasteiger partial charge < -0.3 is 0 Å². The van der Waals surface area contributed by atoms with Crippen LogP contribution >= 0.6 is 11.3 Å². The van der Waals surface area contributed by atoms with E-state index >= 15 is 0 Å². The molecule has 2 N–H and O–H groups in total. The van der Waals surface area contributed by atoms with Crippen molar-refractivity contribution in [2.45, 2.75) is 4.90 Å². The number of halogens is 2. The molecule has 0 spiro atoms. The van der Waals surface area contributed by atoms with E-state index in [0.29, 0.717) is 16.2 Å². The molecule has 0 bridgehead atoms. The normalized spacial score (nSPS) is 11.2. The van der Waals surface area contributed by atoms with Crippen LogP contribution in [0.25, 0.3) is 10.6 Å². The summed E-state index contributed by atoms with van der Waals surface area (Å²) in [5.41, 5.74) is 1.21. The van der Waals surface area contributed by atoms with Gasteiger partial charge in [0.05, 0.1) is 4.90 Å². The summed E-state index contributed by atoms with van der Waals surface area (Å²) in [6.07, 6.45) is 3.24. The number of pyridine rings is 1. The molecule has 0 atom stereocenters. The van der Waals surface area contributed by atoms with Crippen molar-refractivity contribution in [2.75, 3.05) is 10.0 Å². The Labute approximate surface area is 185 Å². The number of anilines is 2. The Bertz CT molecular complexity index is 1380. The van der Waals surface area contributed by atoms with Crippen molar-refractivity contribution in [3.8, 4) is 10.6 Å². The number of aromatic nitrogens is 3. The molecule has 2 aromatic heterocycles. The molecule has 0 saturated heterocycles. The van der Waals surface area contributed by atoms with Gasteiger partial charge in [-0.05, 0) is 54.6 Å². The van der Waals surface area contributed by atoms with E-state index < -0.39 is 32.5 Å². The van der Waals surface area contributed by atoms with Crippen LogP contribution in [0.3, 0.4) is 0 Å². The van der Waals surface area contributed by atoms with E-state index in [0.717, 1.165) is 17.7 Å².